The van der Waals surface area contributed by atoms with Gasteiger partial charge in [0.05, 0.1) is 0 Å². The van der Waals surface area contributed by atoms with Crippen molar-refractivity contribution in [2.75, 3.05) is 45.9 Å². The van der Waals surface area contributed by atoms with Crippen LogP contribution in [0.1, 0.15) is 24.1 Å². The van der Waals surface area contributed by atoms with E-state index in [1.54, 1.807) is 0 Å². The number of urea groups is 1. The van der Waals surface area contributed by atoms with E-state index in [9.17, 15) is 4.79 Å². The molecule has 4 rings (SSSR count). The average molecular weight is 370 g/mol. The number of rotatable bonds is 4. The topological polar surface area (TPSA) is 60.6 Å². The van der Waals surface area contributed by atoms with Gasteiger partial charge < -0.3 is 19.9 Å². The molecule has 2 saturated heterocycles. The lowest BCUT2D eigenvalue weighted by atomic mass is 10.1. The van der Waals surface area contributed by atoms with Crippen LogP contribution in [0, 0.1) is 6.92 Å². The van der Waals surface area contributed by atoms with Gasteiger partial charge in [-0.3, -0.25) is 4.90 Å². The zero-order chi connectivity index (χ0) is 18.6. The Balaban J connectivity index is 1.24. The summed E-state index contributed by atoms with van der Waals surface area (Å²) in [7, 11) is 0. The van der Waals surface area contributed by atoms with Gasteiger partial charge in [0, 0.05) is 68.6 Å². The molecule has 6 heteroatoms. The smallest absolute Gasteiger partial charge is 0.317 e. The second-order valence-corrected chi connectivity index (χ2v) is 7.62. The lowest BCUT2D eigenvalue weighted by Gasteiger charge is -2.40. The van der Waals surface area contributed by atoms with Crippen molar-refractivity contribution in [2.45, 2.75) is 32.2 Å². The Morgan fingerprint density at radius 1 is 1.19 bits per heavy atom. The first-order valence-corrected chi connectivity index (χ1v) is 10.1. The van der Waals surface area contributed by atoms with Crippen molar-refractivity contribution < 1.29 is 9.53 Å². The fourth-order valence-corrected chi connectivity index (χ4v) is 4.40. The van der Waals surface area contributed by atoms with Crippen LogP contribution in [-0.4, -0.2) is 72.8 Å². The molecule has 27 heavy (non-hydrogen) atoms. The van der Waals surface area contributed by atoms with E-state index in [4.69, 9.17) is 4.74 Å². The Morgan fingerprint density at radius 3 is 2.70 bits per heavy atom. The van der Waals surface area contributed by atoms with Crippen LogP contribution in [0.2, 0.25) is 0 Å². The summed E-state index contributed by atoms with van der Waals surface area (Å²) >= 11 is 0. The van der Waals surface area contributed by atoms with E-state index in [0.29, 0.717) is 12.6 Å². The number of fused-ring (bicyclic) bond motifs is 1. The number of aromatic nitrogens is 1. The maximum absolute atomic E-state index is 12.5. The molecule has 0 saturated carbocycles. The summed E-state index contributed by atoms with van der Waals surface area (Å²) in [6.45, 7) is 8.09. The number of ether oxygens (including phenoxy) is 1. The number of piperazine rings is 1. The molecule has 3 heterocycles. The van der Waals surface area contributed by atoms with Crippen molar-refractivity contribution >= 4 is 16.9 Å². The van der Waals surface area contributed by atoms with Crippen molar-refractivity contribution in [1.29, 1.82) is 0 Å². The van der Waals surface area contributed by atoms with Crippen LogP contribution in [0.15, 0.2) is 24.3 Å². The number of nitrogens with zero attached hydrogens (tertiary/aromatic N) is 2. The molecular formula is C21H30N4O2. The van der Waals surface area contributed by atoms with E-state index in [1.165, 1.54) is 22.2 Å². The van der Waals surface area contributed by atoms with Crippen LogP contribution >= 0.6 is 0 Å². The molecule has 146 valence electrons. The molecule has 0 bridgehead atoms. The van der Waals surface area contributed by atoms with Gasteiger partial charge in [0.15, 0.2) is 0 Å². The van der Waals surface area contributed by atoms with Gasteiger partial charge in [-0.15, -0.1) is 0 Å². The number of carbonyl (C=O) groups excluding carboxylic acids is 1. The Kier molecular flexibility index (Phi) is 5.64. The van der Waals surface area contributed by atoms with E-state index in [-0.39, 0.29) is 6.03 Å². The molecule has 2 amide bonds. The van der Waals surface area contributed by atoms with Gasteiger partial charge in [-0.05, 0) is 37.8 Å². The normalized spacial score (nSPS) is 19.5. The second-order valence-electron chi connectivity index (χ2n) is 7.62. The molecule has 0 unspecified atom stereocenters. The minimum Gasteiger partial charge on any atom is -0.381 e. The molecule has 0 atom stereocenters. The Morgan fingerprint density at radius 2 is 1.93 bits per heavy atom. The predicted molar refractivity (Wildman–Crippen MR) is 107 cm³/mol. The largest absolute Gasteiger partial charge is 0.381 e. The van der Waals surface area contributed by atoms with Crippen LogP contribution in [0.4, 0.5) is 4.79 Å². The van der Waals surface area contributed by atoms with Crippen molar-refractivity contribution in [3.63, 3.8) is 0 Å². The van der Waals surface area contributed by atoms with Crippen LogP contribution in [0.3, 0.4) is 0 Å². The van der Waals surface area contributed by atoms with E-state index < -0.39 is 0 Å². The van der Waals surface area contributed by atoms with Gasteiger partial charge in [-0.2, -0.15) is 0 Å². The standard InChI is InChI=1S/C21H30N4O2/c1-16-18(19-4-2-3-5-20(19)23-16)6-9-22-21(26)25-12-10-24(11-13-25)17-7-14-27-15-8-17/h2-5,17,23H,6-15H2,1H3,(H,22,26). The van der Waals surface area contributed by atoms with Crippen molar-refractivity contribution in [3.8, 4) is 0 Å². The molecule has 2 N–H and O–H groups in total. The van der Waals surface area contributed by atoms with Gasteiger partial charge in [0.1, 0.15) is 0 Å². The summed E-state index contributed by atoms with van der Waals surface area (Å²) in [5.41, 5.74) is 3.66. The molecular weight excluding hydrogens is 340 g/mol. The van der Waals surface area contributed by atoms with Gasteiger partial charge in [-0.1, -0.05) is 18.2 Å². The lowest BCUT2D eigenvalue weighted by Crippen LogP contribution is -2.55. The molecule has 2 aliphatic heterocycles. The predicted octanol–water partition coefficient (Wildman–Crippen LogP) is 2.53. The van der Waals surface area contributed by atoms with Crippen molar-refractivity contribution in [3.05, 3.63) is 35.5 Å². The maximum Gasteiger partial charge on any atom is 0.317 e. The molecule has 2 fully saturated rings. The molecule has 1 aromatic heterocycles. The number of benzene rings is 1. The summed E-state index contributed by atoms with van der Waals surface area (Å²) < 4.78 is 5.46. The Hall–Kier alpha value is -2.05. The minimum absolute atomic E-state index is 0.0686. The number of hydrogen-bond donors (Lipinski definition) is 2. The average Bonchev–Trinajstić information content (AvgIpc) is 3.04. The van der Waals surface area contributed by atoms with Gasteiger partial charge in [0.2, 0.25) is 0 Å². The summed E-state index contributed by atoms with van der Waals surface area (Å²) in [5.74, 6) is 0. The molecule has 0 radical (unpaired) electrons. The Bertz CT molecular complexity index is 774. The third-order valence-corrected chi connectivity index (χ3v) is 5.99. The molecule has 2 aromatic rings. The van der Waals surface area contributed by atoms with E-state index in [1.807, 2.05) is 11.0 Å². The van der Waals surface area contributed by atoms with Crippen LogP contribution in [-0.2, 0) is 11.2 Å². The number of para-hydroxylation sites is 1. The monoisotopic (exact) mass is 370 g/mol. The first-order valence-electron chi connectivity index (χ1n) is 10.1. The second kappa shape index (κ2) is 8.31. The van der Waals surface area contributed by atoms with Crippen molar-refractivity contribution in [2.24, 2.45) is 0 Å². The molecule has 6 nitrogen and oxygen atoms in total. The summed E-state index contributed by atoms with van der Waals surface area (Å²) in [6.07, 6.45) is 3.09. The number of amides is 2. The van der Waals surface area contributed by atoms with Gasteiger partial charge >= 0.3 is 6.03 Å². The highest BCUT2D eigenvalue weighted by atomic mass is 16.5. The fourth-order valence-electron chi connectivity index (χ4n) is 4.40. The highest BCUT2D eigenvalue weighted by Gasteiger charge is 2.27. The summed E-state index contributed by atoms with van der Waals surface area (Å²) in [6, 6.07) is 9.06. The van der Waals surface area contributed by atoms with Gasteiger partial charge in [-0.25, -0.2) is 4.79 Å². The van der Waals surface area contributed by atoms with E-state index in [2.05, 4.69) is 40.3 Å². The summed E-state index contributed by atoms with van der Waals surface area (Å²) in [4.78, 5) is 20.4. The number of carbonyl (C=O) groups is 1. The van der Waals surface area contributed by atoms with E-state index in [0.717, 1.165) is 58.7 Å². The SMILES string of the molecule is Cc1[nH]c2ccccc2c1CCNC(=O)N1CCN(C2CCOCC2)CC1. The highest BCUT2D eigenvalue weighted by Crippen LogP contribution is 2.22. The number of aryl methyl sites for hydroxylation is 1. The maximum atomic E-state index is 12.5. The van der Waals surface area contributed by atoms with E-state index >= 15 is 0 Å². The zero-order valence-electron chi connectivity index (χ0n) is 16.2. The zero-order valence-corrected chi connectivity index (χ0v) is 16.2. The third-order valence-electron chi connectivity index (χ3n) is 5.99. The third kappa shape index (κ3) is 4.12. The molecule has 0 spiro atoms. The minimum atomic E-state index is 0.0686. The highest BCUT2D eigenvalue weighted by molar-refractivity contribution is 5.84. The van der Waals surface area contributed by atoms with Gasteiger partial charge in [0.25, 0.3) is 0 Å². The number of hydrogen-bond acceptors (Lipinski definition) is 3. The van der Waals surface area contributed by atoms with Crippen molar-refractivity contribution in [1.82, 2.24) is 20.1 Å². The lowest BCUT2D eigenvalue weighted by molar-refractivity contribution is 0.0187. The van der Waals surface area contributed by atoms with Crippen LogP contribution in [0.25, 0.3) is 10.9 Å². The molecule has 0 aliphatic carbocycles. The Labute approximate surface area is 160 Å². The summed E-state index contributed by atoms with van der Waals surface area (Å²) in [5, 5.41) is 4.37. The number of H-pyrrole nitrogens is 1. The van der Waals surface area contributed by atoms with Crippen LogP contribution in [0.5, 0.6) is 0 Å². The number of aromatic amines is 1. The first kappa shape index (κ1) is 18.3. The number of nitrogens with one attached hydrogen (secondary N) is 2. The quantitative estimate of drug-likeness (QED) is 0.869. The molecule has 2 aliphatic rings. The fraction of sp³-hybridized carbons (Fsp3) is 0.571. The first-order chi connectivity index (χ1) is 13.2. The molecule has 1 aromatic carbocycles. The van der Waals surface area contributed by atoms with Crippen LogP contribution < -0.4 is 5.32 Å².